The van der Waals surface area contributed by atoms with Crippen LogP contribution < -0.4 is 5.73 Å². The van der Waals surface area contributed by atoms with Crippen LogP contribution in [0.4, 0.5) is 5.13 Å². The van der Waals surface area contributed by atoms with Crippen LogP contribution in [0.5, 0.6) is 0 Å². The first kappa shape index (κ1) is 9.46. The maximum atomic E-state index is 10.6. The van der Waals surface area contributed by atoms with E-state index >= 15 is 0 Å². The van der Waals surface area contributed by atoms with Crippen molar-refractivity contribution in [3.8, 4) is 0 Å². The smallest absolute Gasteiger partial charge is 0.360 e. The molecule has 0 saturated heterocycles. The number of carboxylic acids is 1. The van der Waals surface area contributed by atoms with Gasteiger partial charge in [-0.2, -0.15) is 0 Å². The maximum Gasteiger partial charge on any atom is 0.360 e. The third-order valence-corrected chi connectivity index (χ3v) is 1.82. The van der Waals surface area contributed by atoms with Crippen molar-refractivity contribution in [1.29, 1.82) is 0 Å². The van der Waals surface area contributed by atoms with Gasteiger partial charge in [0.2, 0.25) is 5.71 Å². The standard InChI is InChI=1S/C6H7N3O3S/c1-12-9-4(5(10)11)3-2-13-6(7)8-3/h2H,1H3,(H2,7,8)(H,10,11)/b9-4+. The first-order chi connectivity index (χ1) is 6.15. The molecule has 0 aliphatic rings. The molecule has 0 bridgehead atoms. The van der Waals surface area contributed by atoms with Crippen LogP contribution in [0, 0.1) is 0 Å². The second kappa shape index (κ2) is 3.85. The summed E-state index contributed by atoms with van der Waals surface area (Å²) in [6.45, 7) is 0. The Morgan fingerprint density at radius 1 is 1.85 bits per heavy atom. The summed E-state index contributed by atoms with van der Waals surface area (Å²) in [5.74, 6) is -1.20. The number of nitrogens with two attached hydrogens (primary N) is 1. The molecule has 1 rings (SSSR count). The average Bonchev–Trinajstić information content (AvgIpc) is 2.46. The number of carbonyl (C=O) groups is 1. The fourth-order valence-electron chi connectivity index (χ4n) is 0.683. The molecule has 0 atom stereocenters. The summed E-state index contributed by atoms with van der Waals surface area (Å²) in [6, 6.07) is 0. The zero-order valence-corrected chi connectivity index (χ0v) is 7.54. The van der Waals surface area contributed by atoms with Crippen LogP contribution in [0.25, 0.3) is 0 Å². The molecule has 6 nitrogen and oxygen atoms in total. The van der Waals surface area contributed by atoms with Gasteiger partial charge in [0.15, 0.2) is 5.13 Å². The summed E-state index contributed by atoms with van der Waals surface area (Å²) < 4.78 is 0. The van der Waals surface area contributed by atoms with Crippen molar-refractivity contribution in [3.05, 3.63) is 11.1 Å². The molecule has 1 heterocycles. The molecule has 1 aromatic rings. The predicted octanol–water partition coefficient (Wildman–Crippen LogP) is 0.160. The Morgan fingerprint density at radius 2 is 2.54 bits per heavy atom. The lowest BCUT2D eigenvalue weighted by atomic mass is 10.3. The lowest BCUT2D eigenvalue weighted by molar-refractivity contribution is -0.129. The number of hydrogen-bond acceptors (Lipinski definition) is 6. The molecule has 0 aliphatic carbocycles. The number of oxime groups is 1. The summed E-state index contributed by atoms with van der Waals surface area (Å²) in [5, 5.41) is 13.8. The molecule has 0 fully saturated rings. The van der Waals surface area contributed by atoms with Crippen molar-refractivity contribution >= 4 is 28.1 Å². The molecular weight excluding hydrogens is 194 g/mol. The van der Waals surface area contributed by atoms with Gasteiger partial charge in [-0.3, -0.25) is 0 Å². The fourth-order valence-corrected chi connectivity index (χ4v) is 1.23. The second-order valence-electron chi connectivity index (χ2n) is 2.00. The molecule has 13 heavy (non-hydrogen) atoms. The Labute approximate surface area is 77.6 Å². The highest BCUT2D eigenvalue weighted by Crippen LogP contribution is 2.12. The van der Waals surface area contributed by atoms with Crippen LogP contribution in [0.15, 0.2) is 10.5 Å². The van der Waals surface area contributed by atoms with Crippen LogP contribution in [-0.4, -0.2) is 28.9 Å². The summed E-state index contributed by atoms with van der Waals surface area (Å²) in [6.07, 6.45) is 0. The molecule has 0 unspecified atom stereocenters. The van der Waals surface area contributed by atoms with Gasteiger partial charge >= 0.3 is 5.97 Å². The van der Waals surface area contributed by atoms with Crippen molar-refractivity contribution < 1.29 is 14.7 Å². The largest absolute Gasteiger partial charge is 0.476 e. The molecule has 1 aromatic heterocycles. The number of thiazole rings is 1. The number of aliphatic carboxylic acids is 1. The van der Waals surface area contributed by atoms with Crippen LogP contribution in [0.2, 0.25) is 0 Å². The van der Waals surface area contributed by atoms with Crippen molar-refractivity contribution in [1.82, 2.24) is 4.98 Å². The maximum absolute atomic E-state index is 10.6. The van der Waals surface area contributed by atoms with E-state index in [0.29, 0.717) is 5.13 Å². The normalized spacial score (nSPS) is 11.3. The van der Waals surface area contributed by atoms with Crippen molar-refractivity contribution in [3.63, 3.8) is 0 Å². The number of nitrogen functional groups attached to an aromatic ring is 1. The minimum atomic E-state index is -1.20. The van der Waals surface area contributed by atoms with Gasteiger partial charge in [0, 0.05) is 5.38 Å². The third kappa shape index (κ3) is 2.15. The van der Waals surface area contributed by atoms with Crippen LogP contribution in [-0.2, 0) is 9.63 Å². The number of anilines is 1. The minimum absolute atomic E-state index is 0.205. The monoisotopic (exact) mass is 201 g/mol. The zero-order valence-electron chi connectivity index (χ0n) is 6.72. The van der Waals surface area contributed by atoms with Gasteiger partial charge in [0.1, 0.15) is 12.8 Å². The molecular formula is C6H7N3O3S. The van der Waals surface area contributed by atoms with E-state index in [-0.39, 0.29) is 11.4 Å². The lowest BCUT2D eigenvalue weighted by Gasteiger charge is -1.94. The Morgan fingerprint density at radius 3 is 2.92 bits per heavy atom. The van der Waals surface area contributed by atoms with Gasteiger partial charge < -0.3 is 15.7 Å². The molecule has 0 aromatic carbocycles. The topological polar surface area (TPSA) is 97.8 Å². The SMILES string of the molecule is CO/N=C(/C(=O)O)c1csc(N)n1. The molecule has 7 heteroatoms. The minimum Gasteiger partial charge on any atom is -0.476 e. The summed E-state index contributed by atoms with van der Waals surface area (Å²) in [7, 11) is 1.26. The fraction of sp³-hybridized carbons (Fsp3) is 0.167. The van der Waals surface area contributed by atoms with Crippen LogP contribution >= 0.6 is 11.3 Å². The Balaban J connectivity index is 3.02. The number of carboxylic acid groups (broad SMARTS) is 1. The second-order valence-corrected chi connectivity index (χ2v) is 2.89. The third-order valence-electron chi connectivity index (χ3n) is 1.15. The van der Waals surface area contributed by atoms with Gasteiger partial charge in [-0.1, -0.05) is 5.16 Å². The van der Waals surface area contributed by atoms with E-state index in [4.69, 9.17) is 10.8 Å². The predicted molar refractivity (Wildman–Crippen MR) is 47.7 cm³/mol. The van der Waals surface area contributed by atoms with E-state index in [9.17, 15) is 4.79 Å². The summed E-state index contributed by atoms with van der Waals surface area (Å²) in [4.78, 5) is 18.7. The number of hydrogen-bond donors (Lipinski definition) is 2. The zero-order chi connectivity index (χ0) is 9.84. The Hall–Kier alpha value is -1.63. The first-order valence-electron chi connectivity index (χ1n) is 3.21. The van der Waals surface area contributed by atoms with E-state index in [1.165, 1.54) is 12.5 Å². The van der Waals surface area contributed by atoms with E-state index < -0.39 is 5.97 Å². The highest BCUT2D eigenvalue weighted by Gasteiger charge is 2.16. The molecule has 3 N–H and O–H groups in total. The lowest BCUT2D eigenvalue weighted by Crippen LogP contribution is -2.15. The van der Waals surface area contributed by atoms with Gasteiger partial charge in [-0.25, -0.2) is 9.78 Å². The van der Waals surface area contributed by atoms with E-state index in [1.54, 1.807) is 0 Å². The van der Waals surface area contributed by atoms with Crippen molar-refractivity contribution in [2.75, 3.05) is 12.8 Å². The highest BCUT2D eigenvalue weighted by atomic mass is 32.1. The van der Waals surface area contributed by atoms with Gasteiger partial charge in [0.05, 0.1) is 0 Å². The molecule has 0 radical (unpaired) electrons. The average molecular weight is 201 g/mol. The number of nitrogens with zero attached hydrogens (tertiary/aromatic N) is 2. The van der Waals surface area contributed by atoms with Gasteiger partial charge in [-0.05, 0) is 0 Å². The Bertz CT molecular complexity index is 347. The van der Waals surface area contributed by atoms with Gasteiger partial charge in [0.25, 0.3) is 0 Å². The van der Waals surface area contributed by atoms with Gasteiger partial charge in [-0.15, -0.1) is 11.3 Å². The molecule has 0 saturated carbocycles. The first-order valence-corrected chi connectivity index (χ1v) is 4.09. The highest BCUT2D eigenvalue weighted by molar-refractivity contribution is 7.13. The molecule has 0 aliphatic heterocycles. The summed E-state index contributed by atoms with van der Waals surface area (Å²) >= 11 is 1.14. The number of rotatable bonds is 3. The summed E-state index contributed by atoms with van der Waals surface area (Å²) in [5.41, 5.74) is 5.28. The quantitative estimate of drug-likeness (QED) is 0.536. The van der Waals surface area contributed by atoms with Crippen molar-refractivity contribution in [2.24, 2.45) is 5.16 Å². The molecule has 70 valence electrons. The molecule has 0 spiro atoms. The van der Waals surface area contributed by atoms with Crippen LogP contribution in [0.1, 0.15) is 5.69 Å². The Kier molecular flexibility index (Phi) is 2.80. The van der Waals surface area contributed by atoms with E-state index in [1.807, 2.05) is 0 Å². The van der Waals surface area contributed by atoms with E-state index in [2.05, 4.69) is 15.0 Å². The molecule has 0 amide bonds. The number of aromatic nitrogens is 1. The van der Waals surface area contributed by atoms with Crippen LogP contribution in [0.3, 0.4) is 0 Å². The van der Waals surface area contributed by atoms with Crippen molar-refractivity contribution in [2.45, 2.75) is 0 Å². The van der Waals surface area contributed by atoms with E-state index in [0.717, 1.165) is 11.3 Å².